The Balaban J connectivity index is 2.29. The second-order valence-electron chi connectivity index (χ2n) is 5.78. The summed E-state index contributed by atoms with van der Waals surface area (Å²) in [6.45, 7) is 4.62. The molecule has 0 N–H and O–H groups in total. The molecular formula is C17H23N7. The summed E-state index contributed by atoms with van der Waals surface area (Å²) in [7, 11) is 5.70. The van der Waals surface area contributed by atoms with Gasteiger partial charge in [-0.3, -0.25) is 0 Å². The van der Waals surface area contributed by atoms with Gasteiger partial charge in [0.15, 0.2) is 5.82 Å². The van der Waals surface area contributed by atoms with E-state index in [0.717, 1.165) is 29.7 Å². The summed E-state index contributed by atoms with van der Waals surface area (Å²) in [4.78, 5) is 12.4. The van der Waals surface area contributed by atoms with Gasteiger partial charge in [0.25, 0.3) is 0 Å². The first-order valence-corrected chi connectivity index (χ1v) is 7.99. The molecular weight excluding hydrogens is 302 g/mol. The van der Waals surface area contributed by atoms with Crippen molar-refractivity contribution in [1.29, 1.82) is 5.26 Å². The molecule has 7 heteroatoms. The third-order valence-electron chi connectivity index (χ3n) is 3.81. The Labute approximate surface area is 143 Å². The van der Waals surface area contributed by atoms with E-state index in [1.54, 1.807) is 12.4 Å². The minimum Gasteiger partial charge on any atom is -0.353 e. The first-order chi connectivity index (χ1) is 11.5. The highest BCUT2D eigenvalue weighted by molar-refractivity contribution is 5.57. The minimum atomic E-state index is 0.561. The maximum absolute atomic E-state index is 9.59. The van der Waals surface area contributed by atoms with Gasteiger partial charge in [-0.25, -0.2) is 9.97 Å². The molecule has 0 atom stereocenters. The molecule has 2 heterocycles. The largest absolute Gasteiger partial charge is 0.353 e. The quantitative estimate of drug-likeness (QED) is 0.803. The van der Waals surface area contributed by atoms with Gasteiger partial charge in [-0.15, -0.1) is 5.10 Å². The highest BCUT2D eigenvalue weighted by atomic mass is 15.3. The van der Waals surface area contributed by atoms with Crippen molar-refractivity contribution in [2.24, 2.45) is 0 Å². The molecule has 0 radical (unpaired) electrons. The third kappa shape index (κ3) is 3.59. The van der Waals surface area contributed by atoms with Crippen LogP contribution >= 0.6 is 0 Å². The van der Waals surface area contributed by atoms with Crippen LogP contribution in [0.4, 0.5) is 11.8 Å². The van der Waals surface area contributed by atoms with E-state index in [0.29, 0.717) is 23.9 Å². The summed E-state index contributed by atoms with van der Waals surface area (Å²) >= 11 is 0. The molecule has 0 saturated carbocycles. The van der Waals surface area contributed by atoms with E-state index in [2.05, 4.69) is 26.2 Å². The molecule has 0 fully saturated rings. The second-order valence-corrected chi connectivity index (χ2v) is 5.78. The van der Waals surface area contributed by atoms with Crippen LogP contribution in [0.15, 0.2) is 12.4 Å². The molecule has 7 nitrogen and oxygen atoms in total. The maximum Gasteiger partial charge on any atom is 0.224 e. The van der Waals surface area contributed by atoms with Crippen LogP contribution in [-0.4, -0.2) is 41.3 Å². The zero-order valence-corrected chi connectivity index (χ0v) is 14.9. The summed E-state index contributed by atoms with van der Waals surface area (Å²) in [5.74, 6) is 1.27. The fraction of sp³-hybridized carbons (Fsp3) is 0.471. The molecule has 0 bridgehead atoms. The molecule has 0 aromatic carbocycles. The number of nitrogens with zero attached hydrogens (tertiary/aromatic N) is 7. The lowest BCUT2D eigenvalue weighted by Crippen LogP contribution is -2.22. The summed E-state index contributed by atoms with van der Waals surface area (Å²) in [6.07, 6.45) is 5.12. The van der Waals surface area contributed by atoms with Crippen molar-refractivity contribution in [1.82, 2.24) is 20.2 Å². The third-order valence-corrected chi connectivity index (χ3v) is 3.81. The van der Waals surface area contributed by atoms with Gasteiger partial charge in [-0.1, -0.05) is 13.8 Å². The molecule has 0 saturated heterocycles. The Kier molecular flexibility index (Phi) is 5.64. The lowest BCUT2D eigenvalue weighted by molar-refractivity contribution is 0.813. The van der Waals surface area contributed by atoms with Crippen LogP contribution < -0.4 is 9.80 Å². The fourth-order valence-electron chi connectivity index (χ4n) is 2.56. The number of aromatic nitrogens is 4. The van der Waals surface area contributed by atoms with Crippen molar-refractivity contribution in [3.8, 4) is 6.07 Å². The van der Waals surface area contributed by atoms with Crippen LogP contribution in [0.5, 0.6) is 0 Å². The van der Waals surface area contributed by atoms with Gasteiger partial charge in [0.05, 0.1) is 5.69 Å². The Hall–Kier alpha value is -2.75. The van der Waals surface area contributed by atoms with Crippen molar-refractivity contribution in [2.75, 3.05) is 30.9 Å². The summed E-state index contributed by atoms with van der Waals surface area (Å²) < 4.78 is 0. The molecule has 0 amide bonds. The van der Waals surface area contributed by atoms with E-state index in [9.17, 15) is 5.26 Å². The lowest BCUT2D eigenvalue weighted by Gasteiger charge is -2.21. The summed E-state index contributed by atoms with van der Waals surface area (Å²) in [5, 5.41) is 18.2. The molecule has 0 aliphatic heterocycles. The summed E-state index contributed by atoms with van der Waals surface area (Å²) in [6, 6.07) is 2.30. The molecule has 2 aromatic heterocycles. The van der Waals surface area contributed by atoms with Gasteiger partial charge in [-0.2, -0.15) is 10.4 Å². The number of nitriles is 1. The molecule has 24 heavy (non-hydrogen) atoms. The van der Waals surface area contributed by atoms with E-state index in [4.69, 9.17) is 0 Å². The van der Waals surface area contributed by atoms with Crippen molar-refractivity contribution >= 4 is 11.8 Å². The Morgan fingerprint density at radius 1 is 1.04 bits per heavy atom. The Morgan fingerprint density at radius 3 is 2.21 bits per heavy atom. The smallest absolute Gasteiger partial charge is 0.224 e. The van der Waals surface area contributed by atoms with E-state index in [1.807, 2.05) is 44.8 Å². The highest BCUT2D eigenvalue weighted by Gasteiger charge is 2.17. The normalized spacial score (nSPS) is 10.3. The number of hydrogen-bond donors (Lipinski definition) is 0. The van der Waals surface area contributed by atoms with E-state index >= 15 is 0 Å². The van der Waals surface area contributed by atoms with Crippen LogP contribution in [-0.2, 0) is 19.4 Å². The molecule has 2 rings (SSSR count). The number of rotatable bonds is 6. The van der Waals surface area contributed by atoms with Gasteiger partial charge in [0, 0.05) is 45.6 Å². The van der Waals surface area contributed by atoms with Gasteiger partial charge >= 0.3 is 0 Å². The van der Waals surface area contributed by atoms with Crippen LogP contribution in [0.2, 0.25) is 0 Å². The molecule has 0 aliphatic rings. The number of anilines is 2. The zero-order chi connectivity index (χ0) is 17.7. The Bertz CT molecular complexity index is 732. The maximum atomic E-state index is 9.59. The first-order valence-electron chi connectivity index (χ1n) is 7.99. The van der Waals surface area contributed by atoms with Crippen molar-refractivity contribution in [3.63, 3.8) is 0 Å². The van der Waals surface area contributed by atoms with Gasteiger partial charge in [0.1, 0.15) is 11.6 Å². The first kappa shape index (κ1) is 17.6. The van der Waals surface area contributed by atoms with Crippen LogP contribution in [0.25, 0.3) is 0 Å². The fourth-order valence-corrected chi connectivity index (χ4v) is 2.56. The van der Waals surface area contributed by atoms with Crippen LogP contribution in [0.1, 0.15) is 36.2 Å². The van der Waals surface area contributed by atoms with Crippen LogP contribution in [0, 0.1) is 11.3 Å². The SMILES string of the molecule is CCc1nnc(N(C)Cc2cnc(N(C)C)nc2)c(C#N)c1CC. The van der Waals surface area contributed by atoms with Crippen molar-refractivity contribution in [3.05, 3.63) is 34.8 Å². The average Bonchev–Trinajstić information content (AvgIpc) is 2.60. The van der Waals surface area contributed by atoms with E-state index in [-0.39, 0.29) is 0 Å². The van der Waals surface area contributed by atoms with Crippen molar-refractivity contribution in [2.45, 2.75) is 33.2 Å². The molecule has 126 valence electrons. The van der Waals surface area contributed by atoms with Gasteiger partial charge < -0.3 is 9.80 Å². The molecule has 0 spiro atoms. The second kappa shape index (κ2) is 7.68. The molecule has 0 aliphatic carbocycles. The predicted octanol–water partition coefficient (Wildman–Crippen LogP) is 1.97. The zero-order valence-electron chi connectivity index (χ0n) is 14.9. The Morgan fingerprint density at radius 2 is 1.71 bits per heavy atom. The predicted molar refractivity (Wildman–Crippen MR) is 94.0 cm³/mol. The minimum absolute atomic E-state index is 0.561. The van der Waals surface area contributed by atoms with Crippen LogP contribution in [0.3, 0.4) is 0 Å². The van der Waals surface area contributed by atoms with Gasteiger partial charge in [0.2, 0.25) is 5.95 Å². The average molecular weight is 325 g/mol. The number of hydrogen-bond acceptors (Lipinski definition) is 7. The summed E-state index contributed by atoms with van der Waals surface area (Å²) in [5.41, 5.74) is 3.44. The molecule has 2 aromatic rings. The monoisotopic (exact) mass is 325 g/mol. The van der Waals surface area contributed by atoms with E-state index in [1.165, 1.54) is 0 Å². The highest BCUT2D eigenvalue weighted by Crippen LogP contribution is 2.23. The number of aryl methyl sites for hydroxylation is 1. The standard InChI is InChI=1S/C17H23N7/c1-6-13-14(8-18)16(22-21-15(13)7-2)24(5)11-12-9-19-17(20-10-12)23(3)4/h9-10H,6-7,11H2,1-5H3. The lowest BCUT2D eigenvalue weighted by atomic mass is 10.0. The molecule has 0 unspecified atom stereocenters. The van der Waals surface area contributed by atoms with Crippen molar-refractivity contribution < 1.29 is 0 Å². The van der Waals surface area contributed by atoms with Gasteiger partial charge in [-0.05, 0) is 18.4 Å². The van der Waals surface area contributed by atoms with E-state index < -0.39 is 0 Å². The topological polar surface area (TPSA) is 81.8 Å².